The largest absolute Gasteiger partial charge is 0.481 e. The summed E-state index contributed by atoms with van der Waals surface area (Å²) >= 11 is 0. The summed E-state index contributed by atoms with van der Waals surface area (Å²) < 4.78 is 5.19. The quantitative estimate of drug-likeness (QED) is 0.380. The normalized spacial score (nSPS) is 23.7. The molecule has 7 rings (SSSR count). The van der Waals surface area contributed by atoms with Gasteiger partial charge in [0.2, 0.25) is 5.88 Å². The number of nitriles is 1. The summed E-state index contributed by atoms with van der Waals surface area (Å²) in [6.45, 7) is 7.90. The third-order valence-electron chi connectivity index (χ3n) is 8.83. The summed E-state index contributed by atoms with van der Waals surface area (Å²) in [4.78, 5) is 23.3. The Bertz CT molecular complexity index is 1490. The molecule has 2 aromatic heterocycles. The van der Waals surface area contributed by atoms with Gasteiger partial charge in [0.05, 0.1) is 36.5 Å². The fourth-order valence-electron chi connectivity index (χ4n) is 6.44. The fraction of sp³-hybridized carbons (Fsp3) is 0.406. The molecular weight excluding hydrogens is 526 g/mol. The first-order valence-corrected chi connectivity index (χ1v) is 14.6. The van der Waals surface area contributed by atoms with Crippen LogP contribution in [0.25, 0.3) is 5.57 Å². The van der Waals surface area contributed by atoms with E-state index in [1.54, 1.807) is 7.11 Å². The van der Waals surface area contributed by atoms with Crippen molar-refractivity contribution in [2.75, 3.05) is 51.8 Å². The lowest BCUT2D eigenvalue weighted by molar-refractivity contribution is -0.00879. The predicted octanol–water partition coefficient (Wildman–Crippen LogP) is 3.64. The second-order valence-corrected chi connectivity index (χ2v) is 11.2. The van der Waals surface area contributed by atoms with Crippen molar-refractivity contribution in [2.45, 2.75) is 38.4 Å². The number of aromatic nitrogens is 3. The minimum absolute atomic E-state index is 0.294. The molecule has 5 aliphatic rings. The minimum atomic E-state index is 0.294. The van der Waals surface area contributed by atoms with E-state index >= 15 is 0 Å². The number of nitrogens with zero attached hydrogens (tertiary/aromatic N) is 8. The highest BCUT2D eigenvalue weighted by molar-refractivity contribution is 5.92. The highest BCUT2D eigenvalue weighted by Gasteiger charge is 2.44. The van der Waals surface area contributed by atoms with Crippen molar-refractivity contribution in [1.82, 2.24) is 29.7 Å². The standard InChI is InChI=1S/C32H37N9O/c1-4-39-9-7-23(8-10-39)24-11-28(32(38(2)19-24)25(13-33)14-34)29-16-36-30(17-35-29)40-20-26-12-27(21-40)41(26)18-22-5-6-31(42-3)37-15-22/h5-7,11,13,15-17,19,26-27,33H,4,8-10,12,18,20-21H2,1-3H3/b32-25+,33-13?. The Morgan fingerprint density at radius 2 is 2.00 bits per heavy atom. The van der Waals surface area contributed by atoms with E-state index < -0.39 is 0 Å². The van der Waals surface area contributed by atoms with Gasteiger partial charge in [-0.3, -0.25) is 14.8 Å². The number of allylic oxidation sites excluding steroid dienone is 4. The molecule has 216 valence electrons. The number of methoxy groups -OCH3 is 1. The molecular formula is C32H37N9O. The first kappa shape index (κ1) is 27.8. The van der Waals surface area contributed by atoms with Crippen molar-refractivity contribution in [1.29, 1.82) is 10.7 Å². The maximum absolute atomic E-state index is 9.81. The van der Waals surface area contributed by atoms with Crippen LogP contribution in [0.5, 0.6) is 5.88 Å². The molecule has 0 spiro atoms. The van der Waals surface area contributed by atoms with E-state index in [4.69, 9.17) is 20.1 Å². The molecule has 10 heteroatoms. The zero-order valence-electron chi connectivity index (χ0n) is 24.5. The lowest BCUT2D eigenvalue weighted by atomic mass is 9.87. The highest BCUT2D eigenvalue weighted by Crippen LogP contribution is 2.37. The molecule has 3 saturated heterocycles. The predicted molar refractivity (Wildman–Crippen MR) is 163 cm³/mol. The van der Waals surface area contributed by atoms with E-state index in [1.165, 1.54) is 17.6 Å². The van der Waals surface area contributed by atoms with Gasteiger partial charge in [0.1, 0.15) is 11.9 Å². The Hall–Kier alpha value is -4.33. The minimum Gasteiger partial charge on any atom is -0.481 e. The lowest BCUT2D eigenvalue weighted by Gasteiger charge is -2.56. The van der Waals surface area contributed by atoms with Crippen LogP contribution in [0.15, 0.2) is 71.5 Å². The number of nitrogens with one attached hydrogen (secondary N) is 1. The van der Waals surface area contributed by atoms with Gasteiger partial charge in [-0.05, 0) is 42.2 Å². The van der Waals surface area contributed by atoms with E-state index in [2.05, 4.69) is 57.1 Å². The van der Waals surface area contributed by atoms with Crippen LogP contribution in [0.4, 0.5) is 5.82 Å². The van der Waals surface area contributed by atoms with E-state index in [-0.39, 0.29) is 0 Å². The number of anilines is 1. The highest BCUT2D eigenvalue weighted by atomic mass is 16.5. The van der Waals surface area contributed by atoms with Crippen LogP contribution in [0.1, 0.15) is 31.0 Å². The summed E-state index contributed by atoms with van der Waals surface area (Å²) in [5.74, 6) is 1.50. The van der Waals surface area contributed by atoms with Crippen molar-refractivity contribution in [3.05, 3.63) is 82.7 Å². The monoisotopic (exact) mass is 563 g/mol. The van der Waals surface area contributed by atoms with Crippen molar-refractivity contribution in [2.24, 2.45) is 0 Å². The Morgan fingerprint density at radius 3 is 2.60 bits per heavy atom. The maximum atomic E-state index is 9.81. The molecule has 2 bridgehead atoms. The van der Waals surface area contributed by atoms with Gasteiger partial charge in [-0.2, -0.15) is 5.26 Å². The summed E-state index contributed by atoms with van der Waals surface area (Å²) in [5, 5.41) is 17.7. The van der Waals surface area contributed by atoms with Gasteiger partial charge < -0.3 is 19.9 Å². The number of pyridine rings is 1. The zero-order chi connectivity index (χ0) is 29.2. The van der Waals surface area contributed by atoms with E-state index in [0.29, 0.717) is 34.9 Å². The van der Waals surface area contributed by atoms with Crippen molar-refractivity contribution in [3.63, 3.8) is 0 Å². The lowest BCUT2D eigenvalue weighted by Crippen LogP contribution is -2.68. The molecule has 1 N–H and O–H groups in total. The van der Waals surface area contributed by atoms with Crippen LogP contribution in [0.3, 0.4) is 0 Å². The van der Waals surface area contributed by atoms with Crippen LogP contribution < -0.4 is 9.64 Å². The second-order valence-electron chi connectivity index (χ2n) is 11.2. The smallest absolute Gasteiger partial charge is 0.212 e. The Kier molecular flexibility index (Phi) is 7.87. The van der Waals surface area contributed by atoms with Crippen LogP contribution in [0.2, 0.25) is 0 Å². The third-order valence-corrected chi connectivity index (χ3v) is 8.83. The molecule has 2 unspecified atom stereocenters. The molecule has 0 saturated carbocycles. The molecule has 5 aliphatic heterocycles. The van der Waals surface area contributed by atoms with Crippen LogP contribution in [0, 0.1) is 16.7 Å². The first-order valence-electron chi connectivity index (χ1n) is 14.6. The zero-order valence-corrected chi connectivity index (χ0v) is 24.5. The SMILES string of the molecule is CCN1CC=C(C2=CN(C)/C(=C(/C#N)C=N)C(c3cnc(N4CC5CC(C4)N5Cc4ccc(OC)nc4)cn3)=C2)CC1. The Morgan fingerprint density at radius 1 is 1.17 bits per heavy atom. The second kappa shape index (κ2) is 11.9. The number of likely N-dealkylation sites (N-methyl/N-ethyl adjacent to an activating group) is 2. The van der Waals surface area contributed by atoms with Gasteiger partial charge in [0, 0.05) is 82.1 Å². The van der Waals surface area contributed by atoms with E-state index in [0.717, 1.165) is 68.9 Å². The number of ether oxygens (including phenoxy) is 1. The molecule has 2 aromatic rings. The Balaban J connectivity index is 1.20. The average Bonchev–Trinajstić information content (AvgIpc) is 3.05. The topological polar surface area (TPSA) is 108 Å². The molecule has 0 radical (unpaired) electrons. The van der Waals surface area contributed by atoms with E-state index in [1.807, 2.05) is 36.6 Å². The van der Waals surface area contributed by atoms with Gasteiger partial charge >= 0.3 is 0 Å². The van der Waals surface area contributed by atoms with Crippen molar-refractivity contribution < 1.29 is 4.74 Å². The fourth-order valence-corrected chi connectivity index (χ4v) is 6.44. The number of hydrogen-bond donors (Lipinski definition) is 1. The van der Waals surface area contributed by atoms with Gasteiger partial charge in [0.15, 0.2) is 0 Å². The molecule has 3 fully saturated rings. The van der Waals surface area contributed by atoms with E-state index in [9.17, 15) is 5.26 Å². The van der Waals surface area contributed by atoms with Crippen LogP contribution in [-0.4, -0.2) is 94.8 Å². The molecule has 0 aliphatic carbocycles. The first-order chi connectivity index (χ1) is 20.5. The molecule has 0 aromatic carbocycles. The molecule has 10 nitrogen and oxygen atoms in total. The van der Waals surface area contributed by atoms with Crippen LogP contribution in [-0.2, 0) is 6.54 Å². The summed E-state index contributed by atoms with van der Waals surface area (Å²) in [5.41, 5.74) is 6.08. The third kappa shape index (κ3) is 5.33. The summed E-state index contributed by atoms with van der Waals surface area (Å²) in [7, 11) is 3.57. The summed E-state index contributed by atoms with van der Waals surface area (Å²) in [6, 6.07) is 7.14. The molecule has 2 atom stereocenters. The summed E-state index contributed by atoms with van der Waals surface area (Å²) in [6.07, 6.45) is 15.3. The van der Waals surface area contributed by atoms with Crippen molar-refractivity contribution >= 4 is 17.6 Å². The van der Waals surface area contributed by atoms with Gasteiger partial charge in [-0.15, -0.1) is 0 Å². The Labute approximate surface area is 247 Å². The van der Waals surface area contributed by atoms with Crippen molar-refractivity contribution in [3.8, 4) is 11.9 Å². The number of fused-ring (bicyclic) bond motifs is 2. The van der Waals surface area contributed by atoms with Gasteiger partial charge in [-0.25, -0.2) is 9.97 Å². The molecule has 42 heavy (non-hydrogen) atoms. The van der Waals surface area contributed by atoms with Crippen LogP contribution >= 0.6 is 0 Å². The van der Waals surface area contributed by atoms with Gasteiger partial charge in [-0.1, -0.05) is 19.1 Å². The number of rotatable bonds is 8. The number of piperazine rings is 1. The maximum Gasteiger partial charge on any atom is 0.212 e. The van der Waals surface area contributed by atoms with Gasteiger partial charge in [0.25, 0.3) is 0 Å². The molecule has 0 amide bonds. The number of piperidine rings is 1. The molecule has 7 heterocycles. The average molecular weight is 564 g/mol. The number of hydrogen-bond acceptors (Lipinski definition) is 10.